The Hall–Kier alpha value is -4.26. The number of carbonyl (C=O) groups is 2. The molecule has 0 saturated carbocycles. The summed E-state index contributed by atoms with van der Waals surface area (Å²) in [6, 6.07) is 19.4. The van der Waals surface area contributed by atoms with Crippen LogP contribution in [0.3, 0.4) is 0 Å². The van der Waals surface area contributed by atoms with Gasteiger partial charge in [-0.3, -0.25) is 14.5 Å². The second-order valence-electron chi connectivity index (χ2n) is 9.87. The number of rotatable bonds is 6. The van der Waals surface area contributed by atoms with Crippen LogP contribution in [0.25, 0.3) is 5.76 Å². The van der Waals surface area contributed by atoms with E-state index < -0.39 is 17.7 Å². The molecule has 0 aliphatic carbocycles. The van der Waals surface area contributed by atoms with Gasteiger partial charge in [-0.1, -0.05) is 38.1 Å². The Kier molecular flexibility index (Phi) is 6.85. The van der Waals surface area contributed by atoms with Crippen molar-refractivity contribution >= 4 is 28.8 Å². The minimum atomic E-state index is -0.792. The number of benzene rings is 3. The Morgan fingerprint density at radius 1 is 1.05 bits per heavy atom. The summed E-state index contributed by atoms with van der Waals surface area (Å²) in [4.78, 5) is 30.5. The van der Waals surface area contributed by atoms with Crippen LogP contribution in [-0.2, 0) is 9.59 Å². The second kappa shape index (κ2) is 10.2. The van der Waals surface area contributed by atoms with E-state index in [-0.39, 0.29) is 11.3 Å². The fourth-order valence-electron chi connectivity index (χ4n) is 5.00. The summed E-state index contributed by atoms with van der Waals surface area (Å²) in [7, 11) is 1.95. The highest BCUT2D eigenvalue weighted by molar-refractivity contribution is 6.51. The minimum absolute atomic E-state index is 0.0560. The molecular formula is C31H32N2O5. The smallest absolute Gasteiger partial charge is 0.300 e. The van der Waals surface area contributed by atoms with Crippen LogP contribution in [0.5, 0.6) is 11.5 Å². The minimum Gasteiger partial charge on any atom is -0.507 e. The number of Topliss-reactive ketones (excluding diaryl/α,β-unsaturated/α-hetero) is 1. The average molecular weight is 513 g/mol. The molecule has 3 aromatic rings. The highest BCUT2D eigenvalue weighted by atomic mass is 16.5. The summed E-state index contributed by atoms with van der Waals surface area (Å²) in [5.74, 6) is 0.0912. The van der Waals surface area contributed by atoms with Gasteiger partial charge in [0.05, 0.1) is 30.5 Å². The van der Waals surface area contributed by atoms with E-state index in [1.165, 1.54) is 4.90 Å². The van der Waals surface area contributed by atoms with Crippen molar-refractivity contribution in [2.24, 2.45) is 0 Å². The largest absolute Gasteiger partial charge is 0.507 e. The van der Waals surface area contributed by atoms with Gasteiger partial charge in [0, 0.05) is 18.3 Å². The molecular weight excluding hydrogens is 480 g/mol. The summed E-state index contributed by atoms with van der Waals surface area (Å²) in [6.45, 7) is 7.93. The monoisotopic (exact) mass is 512 g/mol. The van der Waals surface area contributed by atoms with Crippen LogP contribution in [-0.4, -0.2) is 43.6 Å². The molecule has 7 nitrogen and oxygen atoms in total. The Bertz CT molecular complexity index is 1390. The Labute approximate surface area is 222 Å². The number of amides is 1. The first-order valence-corrected chi connectivity index (χ1v) is 12.9. The van der Waals surface area contributed by atoms with E-state index in [2.05, 4.69) is 13.8 Å². The number of ether oxygens (including phenoxy) is 2. The molecule has 3 aromatic carbocycles. The highest BCUT2D eigenvalue weighted by Gasteiger charge is 2.47. The first-order valence-electron chi connectivity index (χ1n) is 12.9. The molecule has 1 saturated heterocycles. The quantitative estimate of drug-likeness (QED) is 0.261. The zero-order valence-corrected chi connectivity index (χ0v) is 22.1. The highest BCUT2D eigenvalue weighted by Crippen LogP contribution is 2.43. The zero-order chi connectivity index (χ0) is 27.0. The number of aliphatic hydroxyl groups excluding tert-OH is 1. The third kappa shape index (κ3) is 4.49. The van der Waals surface area contributed by atoms with Gasteiger partial charge in [-0.15, -0.1) is 0 Å². The molecule has 196 valence electrons. The Morgan fingerprint density at radius 2 is 1.76 bits per heavy atom. The molecule has 1 amide bonds. The Morgan fingerprint density at radius 3 is 2.42 bits per heavy atom. The average Bonchev–Trinajstić information content (AvgIpc) is 3.19. The molecule has 0 aromatic heterocycles. The molecule has 5 rings (SSSR count). The lowest BCUT2D eigenvalue weighted by atomic mass is 9.93. The number of carbonyl (C=O) groups excluding carboxylic acids is 2. The standard InChI is InChI=1S/C31H32N2O5/c1-5-37-24-13-11-23(12-14-24)33-28(21-8-6-20(7-9-21)19(2)3)27(30(35)31(33)36)29(34)22-10-15-26-25(18-22)32(4)16-17-38-26/h6-15,18-19,28,34H,5,16-17H2,1-4H3/b29-27-. The van der Waals surface area contributed by atoms with Gasteiger partial charge in [0.15, 0.2) is 0 Å². The van der Waals surface area contributed by atoms with Crippen molar-refractivity contribution in [2.45, 2.75) is 32.7 Å². The van der Waals surface area contributed by atoms with E-state index in [1.54, 1.807) is 42.5 Å². The molecule has 1 unspecified atom stereocenters. The van der Waals surface area contributed by atoms with Gasteiger partial charge < -0.3 is 19.5 Å². The van der Waals surface area contributed by atoms with Gasteiger partial charge in [-0.05, 0) is 66.4 Å². The van der Waals surface area contributed by atoms with Crippen molar-refractivity contribution in [2.75, 3.05) is 36.6 Å². The van der Waals surface area contributed by atoms with Crippen molar-refractivity contribution in [1.82, 2.24) is 0 Å². The number of anilines is 2. The lowest BCUT2D eigenvalue weighted by molar-refractivity contribution is -0.132. The summed E-state index contributed by atoms with van der Waals surface area (Å²) in [5.41, 5.74) is 3.76. The number of hydrogen-bond acceptors (Lipinski definition) is 6. The van der Waals surface area contributed by atoms with Crippen LogP contribution < -0.4 is 19.3 Å². The number of likely N-dealkylation sites (N-methyl/N-ethyl adjacent to an activating group) is 1. The predicted molar refractivity (Wildman–Crippen MR) is 148 cm³/mol. The maximum Gasteiger partial charge on any atom is 0.300 e. The maximum absolute atomic E-state index is 13.5. The summed E-state index contributed by atoms with van der Waals surface area (Å²) in [6.07, 6.45) is 0. The summed E-state index contributed by atoms with van der Waals surface area (Å²) in [5, 5.41) is 11.6. The first-order chi connectivity index (χ1) is 18.3. The van der Waals surface area contributed by atoms with E-state index in [1.807, 2.05) is 43.1 Å². The van der Waals surface area contributed by atoms with Crippen molar-refractivity contribution in [1.29, 1.82) is 0 Å². The molecule has 7 heteroatoms. The fourth-order valence-corrected chi connectivity index (χ4v) is 5.00. The van der Waals surface area contributed by atoms with E-state index in [0.717, 1.165) is 16.8 Å². The van der Waals surface area contributed by atoms with Gasteiger partial charge >= 0.3 is 0 Å². The predicted octanol–water partition coefficient (Wildman–Crippen LogP) is 5.66. The van der Waals surface area contributed by atoms with Crippen molar-refractivity contribution < 1.29 is 24.2 Å². The van der Waals surface area contributed by atoms with Gasteiger partial charge in [0.2, 0.25) is 0 Å². The van der Waals surface area contributed by atoms with E-state index >= 15 is 0 Å². The second-order valence-corrected chi connectivity index (χ2v) is 9.87. The number of nitrogens with zero attached hydrogens (tertiary/aromatic N) is 2. The Balaban J connectivity index is 1.65. The van der Waals surface area contributed by atoms with Crippen LogP contribution in [0.4, 0.5) is 11.4 Å². The van der Waals surface area contributed by atoms with Gasteiger partial charge in [0.1, 0.15) is 23.9 Å². The van der Waals surface area contributed by atoms with Crippen LogP contribution in [0.15, 0.2) is 72.3 Å². The van der Waals surface area contributed by atoms with Gasteiger partial charge in [-0.2, -0.15) is 0 Å². The lowest BCUT2D eigenvalue weighted by Crippen LogP contribution is -2.29. The molecule has 0 radical (unpaired) electrons. The van der Waals surface area contributed by atoms with E-state index in [4.69, 9.17) is 9.47 Å². The maximum atomic E-state index is 13.5. The van der Waals surface area contributed by atoms with Gasteiger partial charge in [0.25, 0.3) is 11.7 Å². The number of aliphatic hydroxyl groups is 1. The van der Waals surface area contributed by atoms with Crippen LogP contribution in [0, 0.1) is 0 Å². The number of hydrogen-bond donors (Lipinski definition) is 1. The molecule has 1 N–H and O–H groups in total. The molecule has 1 fully saturated rings. The topological polar surface area (TPSA) is 79.3 Å². The third-order valence-corrected chi connectivity index (χ3v) is 7.12. The third-order valence-electron chi connectivity index (χ3n) is 7.12. The van der Waals surface area contributed by atoms with Crippen LogP contribution in [0.1, 0.15) is 49.4 Å². The molecule has 38 heavy (non-hydrogen) atoms. The van der Waals surface area contributed by atoms with Crippen LogP contribution in [0.2, 0.25) is 0 Å². The summed E-state index contributed by atoms with van der Waals surface area (Å²) >= 11 is 0. The number of fused-ring (bicyclic) bond motifs is 1. The van der Waals surface area contributed by atoms with Crippen molar-refractivity contribution in [3.63, 3.8) is 0 Å². The fraction of sp³-hybridized carbons (Fsp3) is 0.290. The SMILES string of the molecule is CCOc1ccc(N2C(=O)C(=O)/C(=C(\O)c3ccc4c(c3)N(C)CCO4)C2c2ccc(C(C)C)cc2)cc1. The first kappa shape index (κ1) is 25.4. The molecule has 2 aliphatic rings. The van der Waals surface area contributed by atoms with Gasteiger partial charge in [-0.25, -0.2) is 0 Å². The summed E-state index contributed by atoms with van der Waals surface area (Å²) < 4.78 is 11.3. The molecule has 0 spiro atoms. The van der Waals surface area contributed by atoms with E-state index in [0.29, 0.717) is 48.4 Å². The molecule has 0 bridgehead atoms. The molecule has 2 aliphatic heterocycles. The van der Waals surface area contributed by atoms with E-state index in [9.17, 15) is 14.7 Å². The van der Waals surface area contributed by atoms with Crippen LogP contribution >= 0.6 is 0 Å². The molecule has 1 atom stereocenters. The van der Waals surface area contributed by atoms with Crippen molar-refractivity contribution in [3.8, 4) is 11.5 Å². The normalized spacial score (nSPS) is 18.5. The molecule has 2 heterocycles. The van der Waals surface area contributed by atoms with Crippen molar-refractivity contribution in [3.05, 3.63) is 89.0 Å². The zero-order valence-electron chi connectivity index (χ0n) is 22.1. The lowest BCUT2D eigenvalue weighted by Gasteiger charge is -2.28. The number of ketones is 1.